The van der Waals surface area contributed by atoms with Crippen molar-refractivity contribution in [1.29, 1.82) is 0 Å². The minimum absolute atomic E-state index is 0.0886. The van der Waals surface area contributed by atoms with E-state index >= 15 is 0 Å². The maximum absolute atomic E-state index is 13.3. The van der Waals surface area contributed by atoms with E-state index in [-0.39, 0.29) is 5.82 Å². The number of hydrogen-bond donors (Lipinski definition) is 1. The van der Waals surface area contributed by atoms with Crippen LogP contribution in [0.3, 0.4) is 0 Å². The molecule has 0 aromatic heterocycles. The zero-order chi connectivity index (χ0) is 9.42. The van der Waals surface area contributed by atoms with Gasteiger partial charge in [0.15, 0.2) is 0 Å². The van der Waals surface area contributed by atoms with Crippen LogP contribution < -0.4 is 5.32 Å². The first-order valence-electron chi connectivity index (χ1n) is 4.71. The summed E-state index contributed by atoms with van der Waals surface area (Å²) in [6.07, 6.45) is 1.01. The number of halogens is 1. The Labute approximate surface area is 78.0 Å². The van der Waals surface area contributed by atoms with Crippen LogP contribution in [0.1, 0.15) is 29.7 Å². The Hall–Kier alpha value is -0.890. The molecule has 1 aromatic carbocycles. The van der Waals surface area contributed by atoms with Gasteiger partial charge in [0.25, 0.3) is 0 Å². The fourth-order valence-corrected chi connectivity index (χ4v) is 2.10. The highest BCUT2D eigenvalue weighted by Crippen LogP contribution is 2.27. The molecule has 0 spiro atoms. The molecule has 0 aliphatic carbocycles. The molecular formula is C11H14FN. The summed E-state index contributed by atoms with van der Waals surface area (Å²) in [5.74, 6) is -0.0886. The summed E-state index contributed by atoms with van der Waals surface area (Å²) in [5, 5.41) is 3.34. The molecule has 0 bridgehead atoms. The SMILES string of the molecule is Cc1c(F)ccc2c1C(C)NCC2. The van der Waals surface area contributed by atoms with Crippen molar-refractivity contribution < 1.29 is 4.39 Å². The van der Waals surface area contributed by atoms with Gasteiger partial charge in [-0.2, -0.15) is 0 Å². The summed E-state index contributed by atoms with van der Waals surface area (Å²) in [5.41, 5.74) is 3.26. The second-order valence-corrected chi connectivity index (χ2v) is 3.67. The number of nitrogens with one attached hydrogen (secondary N) is 1. The van der Waals surface area contributed by atoms with Crippen molar-refractivity contribution in [1.82, 2.24) is 5.32 Å². The minimum Gasteiger partial charge on any atom is -0.310 e. The number of rotatable bonds is 0. The average molecular weight is 179 g/mol. The van der Waals surface area contributed by atoms with E-state index in [0.717, 1.165) is 24.1 Å². The fourth-order valence-electron chi connectivity index (χ4n) is 2.10. The van der Waals surface area contributed by atoms with Crippen LogP contribution in [0.5, 0.6) is 0 Å². The molecule has 70 valence electrons. The number of benzene rings is 1. The molecule has 13 heavy (non-hydrogen) atoms. The highest BCUT2D eigenvalue weighted by molar-refractivity contribution is 5.39. The molecule has 1 aromatic rings. The fraction of sp³-hybridized carbons (Fsp3) is 0.455. The molecule has 0 saturated heterocycles. The standard InChI is InChI=1S/C11H14FN/c1-7-10(12)4-3-9-5-6-13-8(2)11(7)9/h3-4,8,13H,5-6H2,1-2H3. The van der Waals surface area contributed by atoms with Gasteiger partial charge in [0.1, 0.15) is 5.82 Å². The maximum Gasteiger partial charge on any atom is 0.126 e. The van der Waals surface area contributed by atoms with E-state index in [1.54, 1.807) is 6.07 Å². The van der Waals surface area contributed by atoms with Gasteiger partial charge in [0.2, 0.25) is 0 Å². The lowest BCUT2D eigenvalue weighted by Gasteiger charge is -2.25. The van der Waals surface area contributed by atoms with Gasteiger partial charge in [-0.3, -0.25) is 0 Å². The third-order valence-electron chi connectivity index (χ3n) is 2.82. The zero-order valence-electron chi connectivity index (χ0n) is 8.02. The zero-order valence-corrected chi connectivity index (χ0v) is 8.02. The normalized spacial score (nSPS) is 21.3. The minimum atomic E-state index is -0.0886. The molecule has 0 radical (unpaired) electrons. The highest BCUT2D eigenvalue weighted by atomic mass is 19.1. The molecule has 1 nitrogen and oxygen atoms in total. The Morgan fingerprint density at radius 2 is 2.23 bits per heavy atom. The molecular weight excluding hydrogens is 165 g/mol. The van der Waals surface area contributed by atoms with Crippen LogP contribution in [-0.2, 0) is 6.42 Å². The Morgan fingerprint density at radius 3 is 3.00 bits per heavy atom. The molecule has 1 N–H and O–H groups in total. The van der Waals surface area contributed by atoms with Gasteiger partial charge in [0, 0.05) is 6.04 Å². The molecule has 1 unspecified atom stereocenters. The van der Waals surface area contributed by atoms with E-state index in [0.29, 0.717) is 6.04 Å². The largest absolute Gasteiger partial charge is 0.310 e. The van der Waals surface area contributed by atoms with Crippen molar-refractivity contribution in [2.75, 3.05) is 6.54 Å². The molecule has 0 amide bonds. The lowest BCUT2D eigenvalue weighted by Crippen LogP contribution is -2.28. The Kier molecular flexibility index (Phi) is 2.08. The van der Waals surface area contributed by atoms with Crippen molar-refractivity contribution in [3.63, 3.8) is 0 Å². The van der Waals surface area contributed by atoms with Crippen LogP contribution in [0.2, 0.25) is 0 Å². The van der Waals surface area contributed by atoms with E-state index < -0.39 is 0 Å². The first kappa shape index (κ1) is 8.70. The first-order chi connectivity index (χ1) is 6.20. The Morgan fingerprint density at radius 1 is 1.46 bits per heavy atom. The lowest BCUT2D eigenvalue weighted by atomic mass is 9.91. The summed E-state index contributed by atoms with van der Waals surface area (Å²) >= 11 is 0. The number of fused-ring (bicyclic) bond motifs is 1. The predicted octanol–water partition coefficient (Wildman–Crippen LogP) is 2.34. The molecule has 1 atom stereocenters. The van der Waals surface area contributed by atoms with Gasteiger partial charge in [-0.1, -0.05) is 6.07 Å². The summed E-state index contributed by atoms with van der Waals surface area (Å²) in [4.78, 5) is 0. The van der Waals surface area contributed by atoms with Crippen molar-refractivity contribution >= 4 is 0 Å². The summed E-state index contributed by atoms with van der Waals surface area (Å²) in [7, 11) is 0. The van der Waals surface area contributed by atoms with Crippen molar-refractivity contribution in [3.05, 3.63) is 34.6 Å². The van der Waals surface area contributed by atoms with Crippen molar-refractivity contribution in [3.8, 4) is 0 Å². The third kappa shape index (κ3) is 1.35. The topological polar surface area (TPSA) is 12.0 Å². The molecule has 0 fully saturated rings. The molecule has 1 heterocycles. The average Bonchev–Trinajstić information content (AvgIpc) is 2.12. The molecule has 1 aliphatic heterocycles. The van der Waals surface area contributed by atoms with E-state index in [4.69, 9.17) is 0 Å². The van der Waals surface area contributed by atoms with Gasteiger partial charge in [0.05, 0.1) is 0 Å². The molecule has 0 saturated carbocycles. The smallest absolute Gasteiger partial charge is 0.126 e. The highest BCUT2D eigenvalue weighted by Gasteiger charge is 2.19. The van der Waals surface area contributed by atoms with Gasteiger partial charge >= 0.3 is 0 Å². The van der Waals surface area contributed by atoms with Gasteiger partial charge < -0.3 is 5.32 Å². The van der Waals surface area contributed by atoms with Gasteiger partial charge in [-0.05, 0) is 49.6 Å². The Balaban J connectivity index is 2.58. The first-order valence-corrected chi connectivity index (χ1v) is 4.71. The second-order valence-electron chi connectivity index (χ2n) is 3.67. The van der Waals surface area contributed by atoms with Crippen molar-refractivity contribution in [2.45, 2.75) is 26.3 Å². The monoisotopic (exact) mass is 179 g/mol. The van der Waals surface area contributed by atoms with Crippen LogP contribution in [-0.4, -0.2) is 6.54 Å². The van der Waals surface area contributed by atoms with Crippen molar-refractivity contribution in [2.24, 2.45) is 0 Å². The van der Waals surface area contributed by atoms with Crippen LogP contribution in [0.15, 0.2) is 12.1 Å². The summed E-state index contributed by atoms with van der Waals surface area (Å²) in [6.45, 7) is 4.95. The molecule has 2 rings (SSSR count). The van der Waals surface area contributed by atoms with E-state index in [2.05, 4.69) is 12.2 Å². The van der Waals surface area contributed by atoms with Crippen LogP contribution in [0.4, 0.5) is 4.39 Å². The number of hydrogen-bond acceptors (Lipinski definition) is 1. The Bertz CT molecular complexity index is 333. The molecule has 1 aliphatic rings. The van der Waals surface area contributed by atoms with Gasteiger partial charge in [-0.25, -0.2) is 4.39 Å². The van der Waals surface area contributed by atoms with E-state index in [9.17, 15) is 4.39 Å². The second kappa shape index (κ2) is 3.11. The van der Waals surface area contributed by atoms with E-state index in [1.807, 2.05) is 13.0 Å². The quantitative estimate of drug-likeness (QED) is 0.644. The van der Waals surface area contributed by atoms with Gasteiger partial charge in [-0.15, -0.1) is 0 Å². The van der Waals surface area contributed by atoms with Crippen LogP contribution in [0.25, 0.3) is 0 Å². The maximum atomic E-state index is 13.3. The van der Waals surface area contributed by atoms with Crippen LogP contribution >= 0.6 is 0 Å². The van der Waals surface area contributed by atoms with Crippen LogP contribution in [0, 0.1) is 12.7 Å². The molecule has 2 heteroatoms. The summed E-state index contributed by atoms with van der Waals surface area (Å²) < 4.78 is 13.3. The third-order valence-corrected chi connectivity index (χ3v) is 2.82. The predicted molar refractivity (Wildman–Crippen MR) is 51.3 cm³/mol. The summed E-state index contributed by atoms with van der Waals surface area (Å²) in [6, 6.07) is 3.78. The lowest BCUT2D eigenvalue weighted by molar-refractivity contribution is 0.526. The van der Waals surface area contributed by atoms with E-state index in [1.165, 1.54) is 5.56 Å².